The number of hydrogen-bond donors (Lipinski definition) is 3. The molecule has 0 saturated heterocycles. The molecular formula is C14H17N5O4S. The van der Waals surface area contributed by atoms with E-state index in [0.717, 1.165) is 0 Å². The molecule has 128 valence electrons. The minimum atomic E-state index is -4.01. The fraction of sp³-hybridized carbons (Fsp3) is 0.214. The van der Waals surface area contributed by atoms with Gasteiger partial charge in [0, 0.05) is 12.6 Å². The molecule has 0 bridgehead atoms. The highest BCUT2D eigenvalue weighted by atomic mass is 32.2. The van der Waals surface area contributed by atoms with Crippen LogP contribution in [0.5, 0.6) is 0 Å². The molecule has 0 aliphatic carbocycles. The van der Waals surface area contributed by atoms with Gasteiger partial charge in [0.15, 0.2) is 0 Å². The molecule has 2 rings (SSSR count). The topological polar surface area (TPSA) is 140 Å². The minimum Gasteiger partial charge on any atom is -0.428 e. The number of guanidine groups is 1. The SMILES string of the molecule is CC(=O)Nc1ccc(S(=O)(=O)/N=C(/N)Nc2nc(C)c(C)o2)cc1. The highest BCUT2D eigenvalue weighted by molar-refractivity contribution is 7.90. The molecule has 1 aromatic carbocycles. The van der Waals surface area contributed by atoms with Crippen molar-refractivity contribution < 1.29 is 17.6 Å². The average molecular weight is 351 g/mol. The number of aromatic nitrogens is 1. The molecule has 0 radical (unpaired) electrons. The van der Waals surface area contributed by atoms with Crippen molar-refractivity contribution >= 4 is 33.6 Å². The summed E-state index contributed by atoms with van der Waals surface area (Å²) in [4.78, 5) is 14.9. The highest BCUT2D eigenvalue weighted by Crippen LogP contribution is 2.17. The van der Waals surface area contributed by atoms with Gasteiger partial charge in [-0.3, -0.25) is 10.1 Å². The van der Waals surface area contributed by atoms with Crippen molar-refractivity contribution in [3.8, 4) is 0 Å². The molecule has 0 saturated carbocycles. The maximum atomic E-state index is 12.2. The Labute approximate surface area is 139 Å². The van der Waals surface area contributed by atoms with Crippen LogP contribution in [0.1, 0.15) is 18.4 Å². The molecule has 0 spiro atoms. The van der Waals surface area contributed by atoms with Gasteiger partial charge >= 0.3 is 6.01 Å². The fourth-order valence-corrected chi connectivity index (χ4v) is 2.64. The summed E-state index contributed by atoms with van der Waals surface area (Å²) in [6.07, 6.45) is 0. The summed E-state index contributed by atoms with van der Waals surface area (Å²) in [7, 11) is -4.01. The molecule has 1 heterocycles. The third kappa shape index (κ3) is 4.32. The van der Waals surface area contributed by atoms with Crippen LogP contribution in [0.25, 0.3) is 0 Å². The van der Waals surface area contributed by atoms with E-state index in [4.69, 9.17) is 10.2 Å². The number of aryl methyl sites for hydroxylation is 2. The summed E-state index contributed by atoms with van der Waals surface area (Å²) in [5, 5.41) is 5.02. The van der Waals surface area contributed by atoms with Gasteiger partial charge in [0.1, 0.15) is 5.76 Å². The molecule has 24 heavy (non-hydrogen) atoms. The van der Waals surface area contributed by atoms with E-state index in [2.05, 4.69) is 20.0 Å². The quantitative estimate of drug-likeness (QED) is 0.558. The first-order chi connectivity index (χ1) is 11.2. The van der Waals surface area contributed by atoms with E-state index < -0.39 is 10.0 Å². The Kier molecular flexibility index (Phi) is 4.88. The molecular weight excluding hydrogens is 334 g/mol. The standard InChI is InChI=1S/C14H17N5O4S/c1-8-9(2)23-14(16-8)18-13(15)19-24(21,22)12-6-4-11(5-7-12)17-10(3)20/h4-7H,1-3H3,(H,17,20)(H3,15,16,18,19). The van der Waals surface area contributed by atoms with Gasteiger partial charge in [0.25, 0.3) is 10.0 Å². The Morgan fingerprint density at radius 2 is 1.83 bits per heavy atom. The van der Waals surface area contributed by atoms with Gasteiger partial charge in [-0.2, -0.15) is 13.4 Å². The van der Waals surface area contributed by atoms with Gasteiger partial charge in [-0.1, -0.05) is 0 Å². The summed E-state index contributed by atoms with van der Waals surface area (Å²) in [5.41, 5.74) is 6.72. The van der Waals surface area contributed by atoms with Crippen LogP contribution < -0.4 is 16.4 Å². The molecule has 1 amide bonds. The second-order valence-electron chi connectivity index (χ2n) is 4.94. The van der Waals surface area contributed by atoms with Crippen LogP contribution in [0.15, 0.2) is 38.0 Å². The number of nitrogens with one attached hydrogen (secondary N) is 2. The smallest absolute Gasteiger partial charge is 0.301 e. The number of nitrogens with zero attached hydrogens (tertiary/aromatic N) is 2. The van der Waals surface area contributed by atoms with Crippen molar-refractivity contribution in [2.24, 2.45) is 10.1 Å². The lowest BCUT2D eigenvalue weighted by molar-refractivity contribution is -0.114. The normalized spacial score (nSPS) is 12.0. The molecule has 1 aromatic heterocycles. The zero-order chi connectivity index (χ0) is 17.9. The Balaban J connectivity index is 2.18. The number of sulfonamides is 1. The zero-order valence-corrected chi connectivity index (χ0v) is 14.1. The number of rotatable bonds is 4. The van der Waals surface area contributed by atoms with Crippen LogP contribution in [0.2, 0.25) is 0 Å². The highest BCUT2D eigenvalue weighted by Gasteiger charge is 2.15. The van der Waals surface area contributed by atoms with E-state index in [1.54, 1.807) is 13.8 Å². The van der Waals surface area contributed by atoms with Crippen molar-refractivity contribution in [1.82, 2.24) is 4.98 Å². The van der Waals surface area contributed by atoms with Crippen molar-refractivity contribution in [2.45, 2.75) is 25.7 Å². The lowest BCUT2D eigenvalue weighted by atomic mass is 10.3. The predicted molar refractivity (Wildman–Crippen MR) is 89.2 cm³/mol. The monoisotopic (exact) mass is 351 g/mol. The molecule has 0 unspecified atom stereocenters. The molecule has 0 aliphatic rings. The first-order valence-corrected chi connectivity index (χ1v) is 8.30. The Morgan fingerprint density at radius 1 is 1.21 bits per heavy atom. The second kappa shape index (κ2) is 6.71. The van der Waals surface area contributed by atoms with Crippen LogP contribution in [-0.2, 0) is 14.8 Å². The van der Waals surface area contributed by atoms with Gasteiger partial charge < -0.3 is 15.5 Å². The number of amides is 1. The molecule has 10 heteroatoms. The second-order valence-corrected chi connectivity index (χ2v) is 6.55. The van der Waals surface area contributed by atoms with Gasteiger partial charge in [0.05, 0.1) is 10.6 Å². The maximum Gasteiger partial charge on any atom is 0.301 e. The van der Waals surface area contributed by atoms with E-state index >= 15 is 0 Å². The number of anilines is 2. The van der Waals surface area contributed by atoms with Gasteiger partial charge in [-0.25, -0.2) is 0 Å². The summed E-state index contributed by atoms with van der Waals surface area (Å²) in [6, 6.07) is 5.60. The van der Waals surface area contributed by atoms with Crippen molar-refractivity contribution in [1.29, 1.82) is 0 Å². The van der Waals surface area contributed by atoms with Crippen LogP contribution >= 0.6 is 0 Å². The summed E-state index contributed by atoms with van der Waals surface area (Å²) in [6.45, 7) is 4.81. The van der Waals surface area contributed by atoms with Gasteiger partial charge in [-0.05, 0) is 38.1 Å². The van der Waals surface area contributed by atoms with Crippen molar-refractivity contribution in [3.63, 3.8) is 0 Å². The first-order valence-electron chi connectivity index (χ1n) is 6.86. The lowest BCUT2D eigenvalue weighted by Gasteiger charge is -2.04. The Bertz CT molecular complexity index is 865. The molecule has 9 nitrogen and oxygen atoms in total. The minimum absolute atomic E-state index is 0.0578. The maximum absolute atomic E-state index is 12.2. The van der Waals surface area contributed by atoms with Crippen molar-refractivity contribution in [3.05, 3.63) is 35.7 Å². The van der Waals surface area contributed by atoms with E-state index in [1.165, 1.54) is 31.2 Å². The third-order valence-electron chi connectivity index (χ3n) is 2.95. The Morgan fingerprint density at radius 3 is 2.33 bits per heavy atom. The number of nitrogens with two attached hydrogens (primary N) is 1. The molecule has 2 aromatic rings. The molecule has 4 N–H and O–H groups in total. The summed E-state index contributed by atoms with van der Waals surface area (Å²) >= 11 is 0. The molecule has 0 atom stereocenters. The van der Waals surface area contributed by atoms with E-state index in [9.17, 15) is 13.2 Å². The van der Waals surface area contributed by atoms with Crippen LogP contribution in [0.4, 0.5) is 11.7 Å². The molecule has 0 aliphatic heterocycles. The zero-order valence-electron chi connectivity index (χ0n) is 13.3. The van der Waals surface area contributed by atoms with Gasteiger partial charge in [0.2, 0.25) is 11.9 Å². The largest absolute Gasteiger partial charge is 0.428 e. The van der Waals surface area contributed by atoms with E-state index in [-0.39, 0.29) is 22.8 Å². The average Bonchev–Trinajstić information content (AvgIpc) is 2.76. The van der Waals surface area contributed by atoms with Crippen molar-refractivity contribution in [2.75, 3.05) is 10.6 Å². The lowest BCUT2D eigenvalue weighted by Crippen LogP contribution is -2.24. The van der Waals surface area contributed by atoms with E-state index in [1.807, 2.05) is 0 Å². The van der Waals surface area contributed by atoms with Crippen LogP contribution in [-0.4, -0.2) is 25.3 Å². The first kappa shape index (κ1) is 17.5. The fourth-order valence-electron chi connectivity index (χ4n) is 1.75. The number of benzene rings is 1. The van der Waals surface area contributed by atoms with Crippen LogP contribution in [0.3, 0.4) is 0 Å². The number of oxazole rings is 1. The van der Waals surface area contributed by atoms with Gasteiger partial charge in [-0.15, -0.1) is 4.40 Å². The number of carbonyl (C=O) groups is 1. The molecule has 0 fully saturated rings. The third-order valence-corrected chi connectivity index (χ3v) is 4.26. The van der Waals surface area contributed by atoms with Crippen LogP contribution in [0, 0.1) is 13.8 Å². The summed E-state index contributed by atoms with van der Waals surface area (Å²) < 4.78 is 33.1. The number of carbonyl (C=O) groups excluding carboxylic acids is 1. The van der Waals surface area contributed by atoms with E-state index in [0.29, 0.717) is 17.1 Å². The Hall–Kier alpha value is -2.88. The summed E-state index contributed by atoms with van der Waals surface area (Å²) in [5.74, 6) is -0.0440. The predicted octanol–water partition coefficient (Wildman–Crippen LogP) is 1.37. The number of hydrogen-bond acceptors (Lipinski definition) is 5.